The zero-order valence-corrected chi connectivity index (χ0v) is 11.9. The first kappa shape index (κ1) is 13.1. The van der Waals surface area contributed by atoms with Crippen molar-refractivity contribution < 1.29 is 5.11 Å². The van der Waals surface area contributed by atoms with E-state index in [9.17, 15) is 5.11 Å². The minimum absolute atomic E-state index is 0.192. The van der Waals surface area contributed by atoms with Gasteiger partial charge in [-0.1, -0.05) is 28.1 Å². The van der Waals surface area contributed by atoms with Crippen molar-refractivity contribution in [2.24, 2.45) is 0 Å². The number of aliphatic hydroxyl groups is 1. The number of hydrogen-bond donors (Lipinski definition) is 1. The molecule has 2 unspecified atom stereocenters. The van der Waals surface area contributed by atoms with E-state index in [1.165, 1.54) is 18.4 Å². The summed E-state index contributed by atoms with van der Waals surface area (Å²) in [6.45, 7) is 4.04. The average molecular weight is 298 g/mol. The van der Waals surface area contributed by atoms with Gasteiger partial charge in [-0.05, 0) is 50.4 Å². The third-order valence-corrected chi connectivity index (χ3v) is 3.88. The molecule has 0 saturated carbocycles. The van der Waals surface area contributed by atoms with E-state index in [2.05, 4.69) is 45.1 Å². The number of likely N-dealkylation sites (tertiary alicyclic amines) is 1. The molecule has 1 N–H and O–H groups in total. The van der Waals surface area contributed by atoms with Gasteiger partial charge in [-0.25, -0.2) is 0 Å². The topological polar surface area (TPSA) is 23.5 Å². The van der Waals surface area contributed by atoms with Crippen molar-refractivity contribution in [1.29, 1.82) is 0 Å². The lowest BCUT2D eigenvalue weighted by Gasteiger charge is -2.25. The Morgan fingerprint density at radius 1 is 1.53 bits per heavy atom. The van der Waals surface area contributed by atoms with E-state index in [1.807, 2.05) is 6.92 Å². The highest BCUT2D eigenvalue weighted by Crippen LogP contribution is 2.24. The fraction of sp³-hybridized carbons (Fsp3) is 0.571. The molecule has 1 heterocycles. The molecule has 1 aromatic carbocycles. The highest BCUT2D eigenvalue weighted by Gasteiger charge is 2.25. The summed E-state index contributed by atoms with van der Waals surface area (Å²) in [6.07, 6.45) is 3.18. The first-order valence-corrected chi connectivity index (χ1v) is 7.11. The van der Waals surface area contributed by atoms with E-state index in [0.717, 1.165) is 24.0 Å². The van der Waals surface area contributed by atoms with Gasteiger partial charge in [-0.15, -0.1) is 0 Å². The molecule has 17 heavy (non-hydrogen) atoms. The van der Waals surface area contributed by atoms with Gasteiger partial charge in [-0.2, -0.15) is 0 Å². The molecule has 3 heteroatoms. The molecule has 1 aromatic rings. The summed E-state index contributed by atoms with van der Waals surface area (Å²) in [6, 6.07) is 9.04. The minimum Gasteiger partial charge on any atom is -0.393 e. The van der Waals surface area contributed by atoms with Crippen LogP contribution in [0.1, 0.15) is 31.7 Å². The summed E-state index contributed by atoms with van der Waals surface area (Å²) in [5, 5.41) is 9.51. The molecule has 0 aromatic heterocycles. The van der Waals surface area contributed by atoms with E-state index in [0.29, 0.717) is 6.04 Å². The second kappa shape index (κ2) is 5.98. The SMILES string of the molecule is CC(O)CC1CCCN1Cc1cccc(Br)c1. The van der Waals surface area contributed by atoms with Crippen LogP contribution < -0.4 is 0 Å². The van der Waals surface area contributed by atoms with E-state index >= 15 is 0 Å². The molecule has 0 amide bonds. The van der Waals surface area contributed by atoms with Gasteiger partial charge >= 0.3 is 0 Å². The van der Waals surface area contributed by atoms with Crippen molar-refractivity contribution in [3.05, 3.63) is 34.3 Å². The van der Waals surface area contributed by atoms with Gasteiger partial charge in [0.05, 0.1) is 6.10 Å². The molecule has 1 aliphatic heterocycles. The largest absolute Gasteiger partial charge is 0.393 e. The van der Waals surface area contributed by atoms with Crippen LogP contribution in [-0.2, 0) is 6.54 Å². The Labute approximate surface area is 112 Å². The fourth-order valence-corrected chi connectivity index (χ4v) is 3.08. The molecule has 0 spiro atoms. The standard InChI is InChI=1S/C14H20BrNO/c1-11(17)8-14-6-3-7-16(14)10-12-4-2-5-13(15)9-12/h2,4-5,9,11,14,17H,3,6-8,10H2,1H3. The molecule has 0 aliphatic carbocycles. The van der Waals surface area contributed by atoms with Crippen molar-refractivity contribution in [3.63, 3.8) is 0 Å². The van der Waals surface area contributed by atoms with Crippen LogP contribution in [0.4, 0.5) is 0 Å². The van der Waals surface area contributed by atoms with E-state index < -0.39 is 0 Å². The summed E-state index contributed by atoms with van der Waals surface area (Å²) >= 11 is 3.51. The zero-order valence-electron chi connectivity index (χ0n) is 10.3. The van der Waals surface area contributed by atoms with Gasteiger partial charge in [0.2, 0.25) is 0 Å². The molecule has 2 rings (SSSR count). The number of nitrogens with zero attached hydrogens (tertiary/aromatic N) is 1. The number of hydrogen-bond acceptors (Lipinski definition) is 2. The molecular formula is C14H20BrNO. The highest BCUT2D eigenvalue weighted by molar-refractivity contribution is 9.10. The Morgan fingerprint density at radius 2 is 2.35 bits per heavy atom. The molecule has 2 atom stereocenters. The first-order valence-electron chi connectivity index (χ1n) is 6.31. The maximum Gasteiger partial charge on any atom is 0.0527 e. The molecule has 94 valence electrons. The van der Waals surface area contributed by atoms with Crippen LogP contribution in [0.3, 0.4) is 0 Å². The van der Waals surface area contributed by atoms with E-state index in [4.69, 9.17) is 0 Å². The smallest absolute Gasteiger partial charge is 0.0527 e. The average Bonchev–Trinajstić information content (AvgIpc) is 2.65. The number of benzene rings is 1. The fourth-order valence-electron chi connectivity index (χ4n) is 2.63. The number of rotatable bonds is 4. The Bertz CT molecular complexity index is 367. The molecule has 0 radical (unpaired) electrons. The maximum atomic E-state index is 9.51. The second-order valence-corrected chi connectivity index (χ2v) is 5.90. The van der Waals surface area contributed by atoms with E-state index in [1.54, 1.807) is 0 Å². The minimum atomic E-state index is -0.192. The summed E-state index contributed by atoms with van der Waals surface area (Å²) in [7, 11) is 0. The van der Waals surface area contributed by atoms with Crippen molar-refractivity contribution in [3.8, 4) is 0 Å². The highest BCUT2D eigenvalue weighted by atomic mass is 79.9. The maximum absolute atomic E-state index is 9.51. The Morgan fingerprint density at radius 3 is 3.06 bits per heavy atom. The van der Waals surface area contributed by atoms with Crippen LogP contribution in [-0.4, -0.2) is 28.7 Å². The van der Waals surface area contributed by atoms with Crippen LogP contribution in [0, 0.1) is 0 Å². The summed E-state index contributed by atoms with van der Waals surface area (Å²) < 4.78 is 1.14. The Kier molecular flexibility index (Phi) is 4.60. The van der Waals surface area contributed by atoms with Gasteiger partial charge in [0.15, 0.2) is 0 Å². The number of halogens is 1. The van der Waals surface area contributed by atoms with E-state index in [-0.39, 0.29) is 6.10 Å². The normalized spacial score (nSPS) is 22.9. The van der Waals surface area contributed by atoms with Gasteiger partial charge in [0.25, 0.3) is 0 Å². The summed E-state index contributed by atoms with van der Waals surface area (Å²) in [5.74, 6) is 0. The van der Waals surface area contributed by atoms with Crippen molar-refractivity contribution in [1.82, 2.24) is 4.90 Å². The van der Waals surface area contributed by atoms with Crippen molar-refractivity contribution in [2.75, 3.05) is 6.54 Å². The van der Waals surface area contributed by atoms with Gasteiger partial charge in [0, 0.05) is 17.1 Å². The van der Waals surface area contributed by atoms with Gasteiger partial charge in [-0.3, -0.25) is 4.90 Å². The summed E-state index contributed by atoms with van der Waals surface area (Å²) in [5.41, 5.74) is 1.34. The molecule has 1 saturated heterocycles. The van der Waals surface area contributed by atoms with Crippen LogP contribution >= 0.6 is 15.9 Å². The lowest BCUT2D eigenvalue weighted by molar-refractivity contribution is 0.131. The summed E-state index contributed by atoms with van der Waals surface area (Å²) in [4.78, 5) is 2.49. The lowest BCUT2D eigenvalue weighted by atomic mass is 10.1. The molecule has 1 aliphatic rings. The van der Waals surface area contributed by atoms with Crippen LogP contribution in [0.5, 0.6) is 0 Å². The second-order valence-electron chi connectivity index (χ2n) is 4.98. The van der Waals surface area contributed by atoms with Crippen molar-refractivity contribution >= 4 is 15.9 Å². The van der Waals surface area contributed by atoms with Gasteiger partial charge in [0.1, 0.15) is 0 Å². The van der Waals surface area contributed by atoms with Crippen LogP contribution in [0.25, 0.3) is 0 Å². The lowest BCUT2D eigenvalue weighted by Crippen LogP contribution is -2.31. The first-order chi connectivity index (χ1) is 8.15. The molecule has 1 fully saturated rings. The monoisotopic (exact) mass is 297 g/mol. The van der Waals surface area contributed by atoms with Crippen LogP contribution in [0.2, 0.25) is 0 Å². The van der Waals surface area contributed by atoms with Crippen molar-refractivity contribution in [2.45, 2.75) is 44.9 Å². The third kappa shape index (κ3) is 3.80. The molecule has 0 bridgehead atoms. The zero-order chi connectivity index (χ0) is 12.3. The third-order valence-electron chi connectivity index (χ3n) is 3.39. The number of aliphatic hydroxyl groups excluding tert-OH is 1. The Balaban J connectivity index is 1.97. The Hall–Kier alpha value is -0.380. The predicted octanol–water partition coefficient (Wildman–Crippen LogP) is 3.18. The van der Waals surface area contributed by atoms with Crippen LogP contribution in [0.15, 0.2) is 28.7 Å². The molecule has 2 nitrogen and oxygen atoms in total. The van der Waals surface area contributed by atoms with Gasteiger partial charge < -0.3 is 5.11 Å². The quantitative estimate of drug-likeness (QED) is 0.923. The predicted molar refractivity (Wildman–Crippen MR) is 73.9 cm³/mol. The molecular weight excluding hydrogens is 278 g/mol.